The van der Waals surface area contributed by atoms with Crippen LogP contribution < -0.4 is 16.0 Å². The van der Waals surface area contributed by atoms with Crippen molar-refractivity contribution in [2.75, 3.05) is 13.1 Å². The summed E-state index contributed by atoms with van der Waals surface area (Å²) in [5.74, 6) is -6.49. The molecule has 0 bridgehead atoms. The Hall–Kier alpha value is -3.31. The molecule has 43 heavy (non-hydrogen) atoms. The summed E-state index contributed by atoms with van der Waals surface area (Å²) < 4.78 is 33.4. The predicted molar refractivity (Wildman–Crippen MR) is 156 cm³/mol. The Morgan fingerprint density at radius 2 is 1.67 bits per heavy atom. The van der Waals surface area contributed by atoms with Crippen LogP contribution in [0.1, 0.15) is 73.1 Å². The number of alkyl halides is 2. The lowest BCUT2D eigenvalue weighted by Gasteiger charge is -2.38. The Labute approximate surface area is 252 Å². The van der Waals surface area contributed by atoms with E-state index in [9.17, 15) is 32.8 Å². The third-order valence-electron chi connectivity index (χ3n) is 8.85. The first-order chi connectivity index (χ1) is 19.9. The molecule has 1 heterocycles. The number of allylic oxidation sites excluding steroid dienone is 1. The van der Waals surface area contributed by atoms with Gasteiger partial charge in [-0.25, -0.2) is 13.6 Å². The number of ketones is 1. The zero-order valence-corrected chi connectivity index (χ0v) is 25.8. The van der Waals surface area contributed by atoms with Crippen molar-refractivity contribution in [1.29, 1.82) is 0 Å². The molecule has 1 aliphatic heterocycles. The minimum atomic E-state index is -2.84. The summed E-state index contributed by atoms with van der Waals surface area (Å²) in [6.45, 7) is 16.5. The molecule has 2 aliphatic carbocycles. The molecule has 1 saturated heterocycles. The van der Waals surface area contributed by atoms with E-state index in [1.54, 1.807) is 26.8 Å². The summed E-state index contributed by atoms with van der Waals surface area (Å²) in [4.78, 5) is 67.6. The average Bonchev–Trinajstić information content (AvgIpc) is 3.22. The van der Waals surface area contributed by atoms with Crippen LogP contribution in [0.5, 0.6) is 0 Å². The Kier molecular flexibility index (Phi) is 10.4. The van der Waals surface area contributed by atoms with Gasteiger partial charge in [-0.3, -0.25) is 19.2 Å². The van der Waals surface area contributed by atoms with Crippen molar-refractivity contribution in [1.82, 2.24) is 20.9 Å². The highest BCUT2D eigenvalue weighted by Crippen LogP contribution is 2.65. The maximum atomic E-state index is 14.2. The molecule has 0 spiro atoms. The van der Waals surface area contributed by atoms with Crippen molar-refractivity contribution >= 4 is 29.6 Å². The maximum absolute atomic E-state index is 14.2. The molecule has 0 aromatic heterocycles. The number of halogens is 2. The molecule has 5 atom stereocenters. The average molecular weight is 609 g/mol. The van der Waals surface area contributed by atoms with Crippen molar-refractivity contribution in [2.24, 2.45) is 23.2 Å². The van der Waals surface area contributed by atoms with E-state index >= 15 is 0 Å². The third-order valence-corrected chi connectivity index (χ3v) is 8.85. The molecule has 10 nitrogen and oxygen atoms in total. The molecule has 240 valence electrons. The van der Waals surface area contributed by atoms with Gasteiger partial charge in [0.15, 0.2) is 0 Å². The Morgan fingerprint density at radius 1 is 1.05 bits per heavy atom. The molecule has 12 heteroatoms. The molecule has 4 amide bonds. The van der Waals surface area contributed by atoms with Gasteiger partial charge in [0.25, 0.3) is 5.91 Å². The van der Waals surface area contributed by atoms with Crippen LogP contribution in [0.25, 0.3) is 0 Å². The predicted octanol–water partition coefficient (Wildman–Crippen LogP) is 3.51. The van der Waals surface area contributed by atoms with Crippen LogP contribution in [0.15, 0.2) is 25.3 Å². The first-order valence-electron chi connectivity index (χ1n) is 15.0. The fourth-order valence-corrected chi connectivity index (χ4v) is 6.42. The summed E-state index contributed by atoms with van der Waals surface area (Å²) in [5.41, 5.74) is -1.12. The zero-order valence-electron chi connectivity index (χ0n) is 25.8. The lowest BCUT2D eigenvalue weighted by atomic mass is 9.81. The van der Waals surface area contributed by atoms with Gasteiger partial charge in [0, 0.05) is 25.9 Å². The van der Waals surface area contributed by atoms with Crippen molar-refractivity contribution in [3.8, 4) is 0 Å². The number of carbonyl (C=O) groups excluding carboxylic acids is 5. The number of hydrogen-bond donors (Lipinski definition) is 3. The second-order valence-corrected chi connectivity index (χ2v) is 13.5. The van der Waals surface area contributed by atoms with Crippen molar-refractivity contribution in [3.63, 3.8) is 0 Å². The van der Waals surface area contributed by atoms with E-state index in [0.29, 0.717) is 6.42 Å². The van der Waals surface area contributed by atoms with E-state index in [1.807, 2.05) is 13.8 Å². The fourth-order valence-electron chi connectivity index (χ4n) is 6.42. The van der Waals surface area contributed by atoms with Gasteiger partial charge in [-0.05, 0) is 69.6 Å². The van der Waals surface area contributed by atoms with Gasteiger partial charge < -0.3 is 25.6 Å². The smallest absolute Gasteiger partial charge is 0.408 e. The van der Waals surface area contributed by atoms with Crippen LogP contribution in [-0.2, 0) is 23.9 Å². The number of rotatable bonds is 12. The van der Waals surface area contributed by atoms with Crippen LogP contribution in [-0.4, -0.2) is 77.2 Å². The molecular weight excluding hydrogens is 562 g/mol. The van der Waals surface area contributed by atoms with Gasteiger partial charge in [0.05, 0.1) is 6.04 Å². The number of nitrogens with zero attached hydrogens (tertiary/aromatic N) is 1. The van der Waals surface area contributed by atoms with E-state index in [-0.39, 0.29) is 49.6 Å². The number of likely N-dealkylation sites (tertiary alicyclic amines) is 1. The summed E-state index contributed by atoms with van der Waals surface area (Å²) in [5, 5.41) is 7.75. The topological polar surface area (TPSA) is 134 Å². The minimum Gasteiger partial charge on any atom is -0.444 e. The molecular formula is C31H46F2N4O6. The molecule has 2 unspecified atom stereocenters. The van der Waals surface area contributed by atoms with Crippen LogP contribution in [0.2, 0.25) is 0 Å². The Balaban J connectivity index is 1.87. The van der Waals surface area contributed by atoms with Crippen LogP contribution >= 0.6 is 0 Å². The number of amides is 4. The van der Waals surface area contributed by atoms with Gasteiger partial charge in [-0.2, -0.15) is 0 Å². The number of fused-ring (bicyclic) bond motifs is 1. The molecule has 3 fully saturated rings. The summed E-state index contributed by atoms with van der Waals surface area (Å²) >= 11 is 0. The van der Waals surface area contributed by atoms with E-state index in [4.69, 9.17) is 4.74 Å². The van der Waals surface area contributed by atoms with Gasteiger partial charge in [-0.15, -0.1) is 13.2 Å². The summed E-state index contributed by atoms with van der Waals surface area (Å²) in [6, 6.07) is -3.30. The number of Topliss-reactive ketones (excluding diaryl/α,β-unsaturated/α-hetero) is 1. The Morgan fingerprint density at radius 3 is 2.23 bits per heavy atom. The molecule has 3 aliphatic rings. The van der Waals surface area contributed by atoms with E-state index in [1.165, 1.54) is 11.0 Å². The summed E-state index contributed by atoms with van der Waals surface area (Å²) in [7, 11) is 0. The standard InChI is InChI=1S/C31H46F2N4O6/c1-8-10-11-20(24(38)26(40)34-16-9-2)35-25(39)23-21-19(30(21,6)7)17-37(23)27(41)22(36-28(42)43-29(3,4)5)18-12-14-31(32,33)15-13-18/h8-9,18-23H,1-2,10-17H2,3-7H3,(H,34,40)(H,35,39)(H,36,42)/t19-,20-,21-,22?,23?/m0/s1. The highest BCUT2D eigenvalue weighted by molar-refractivity contribution is 6.38. The van der Waals surface area contributed by atoms with Gasteiger partial charge in [0.1, 0.15) is 17.7 Å². The van der Waals surface area contributed by atoms with Crippen molar-refractivity contribution in [2.45, 2.75) is 103 Å². The molecule has 0 aromatic carbocycles. The number of piperidine rings is 1. The van der Waals surface area contributed by atoms with Crippen LogP contribution in [0.3, 0.4) is 0 Å². The van der Waals surface area contributed by atoms with Crippen molar-refractivity contribution in [3.05, 3.63) is 25.3 Å². The number of carbonyl (C=O) groups is 5. The molecule has 0 radical (unpaired) electrons. The SMILES string of the molecule is C=CCC[C@H](NC(=O)C1[C@@H]2[C@H](CN1C(=O)C(NC(=O)OC(C)(C)C)C1CCC(F)(F)CC1)C2(C)C)C(=O)C(=O)NCC=C. The number of hydrogen-bond acceptors (Lipinski definition) is 6. The monoisotopic (exact) mass is 608 g/mol. The van der Waals surface area contributed by atoms with E-state index < -0.39 is 78.0 Å². The Bertz CT molecular complexity index is 1120. The van der Waals surface area contributed by atoms with E-state index in [0.717, 1.165) is 0 Å². The molecule has 3 N–H and O–H groups in total. The van der Waals surface area contributed by atoms with Crippen LogP contribution in [0, 0.1) is 23.2 Å². The highest BCUT2D eigenvalue weighted by Gasteiger charge is 2.69. The first-order valence-corrected chi connectivity index (χ1v) is 15.0. The molecule has 0 aromatic rings. The number of ether oxygens (including phenoxy) is 1. The van der Waals surface area contributed by atoms with Gasteiger partial charge in [0.2, 0.25) is 23.5 Å². The fraction of sp³-hybridized carbons (Fsp3) is 0.710. The third kappa shape index (κ3) is 8.20. The normalized spacial score (nSPS) is 25.4. The highest BCUT2D eigenvalue weighted by atomic mass is 19.3. The van der Waals surface area contributed by atoms with Crippen molar-refractivity contribution < 1.29 is 37.5 Å². The summed E-state index contributed by atoms with van der Waals surface area (Å²) in [6.07, 6.45) is 1.82. The van der Waals surface area contributed by atoms with Crippen LogP contribution in [0.4, 0.5) is 13.6 Å². The second-order valence-electron chi connectivity index (χ2n) is 13.5. The number of nitrogens with one attached hydrogen (secondary N) is 3. The minimum absolute atomic E-state index is 0.0108. The van der Waals surface area contributed by atoms with E-state index in [2.05, 4.69) is 29.1 Å². The van der Waals surface area contributed by atoms with Gasteiger partial charge in [-0.1, -0.05) is 26.0 Å². The molecule has 2 saturated carbocycles. The number of alkyl carbamates (subject to hydrolysis) is 1. The largest absolute Gasteiger partial charge is 0.444 e. The second kappa shape index (κ2) is 13.1. The van der Waals surface area contributed by atoms with Gasteiger partial charge >= 0.3 is 6.09 Å². The first kappa shape index (κ1) is 34.2. The lowest BCUT2D eigenvalue weighted by molar-refractivity contribution is -0.145. The lowest BCUT2D eigenvalue weighted by Crippen LogP contribution is -2.60. The molecule has 3 rings (SSSR count). The maximum Gasteiger partial charge on any atom is 0.408 e. The zero-order chi connectivity index (χ0) is 32.3. The quantitative estimate of drug-likeness (QED) is 0.229.